The summed E-state index contributed by atoms with van der Waals surface area (Å²) in [5.41, 5.74) is 6.84. The van der Waals surface area contributed by atoms with E-state index < -0.39 is 5.91 Å². The fraction of sp³-hybridized carbons (Fsp3) is 0.429. The van der Waals surface area contributed by atoms with E-state index in [1.54, 1.807) is 19.2 Å². The van der Waals surface area contributed by atoms with Crippen molar-refractivity contribution in [1.82, 2.24) is 4.90 Å². The molecule has 0 aliphatic carbocycles. The van der Waals surface area contributed by atoms with Crippen LogP contribution >= 0.6 is 0 Å². The number of carbonyl (C=O) groups excluding carboxylic acids is 2. The first kappa shape index (κ1) is 14.2. The Morgan fingerprint density at radius 3 is 2.06 bits per heavy atom. The minimum absolute atomic E-state index is 0.0563. The molecule has 0 heterocycles. The lowest BCUT2D eigenvalue weighted by Crippen LogP contribution is -2.35. The number of amides is 2. The maximum Gasteiger partial charge on any atom is 0.254 e. The van der Waals surface area contributed by atoms with Gasteiger partial charge in [0.2, 0.25) is 5.91 Å². The van der Waals surface area contributed by atoms with Crippen LogP contribution in [-0.4, -0.2) is 30.3 Å². The summed E-state index contributed by atoms with van der Waals surface area (Å²) in [7, 11) is 1.56. The van der Waals surface area contributed by atoms with E-state index in [-0.39, 0.29) is 17.9 Å². The number of rotatable bonds is 3. The van der Waals surface area contributed by atoms with Crippen LogP contribution in [0.2, 0.25) is 0 Å². The molecule has 98 valence electrons. The van der Waals surface area contributed by atoms with Gasteiger partial charge in [-0.1, -0.05) is 32.9 Å². The summed E-state index contributed by atoms with van der Waals surface area (Å²) >= 11 is 0. The van der Waals surface area contributed by atoms with E-state index in [2.05, 4.69) is 20.8 Å². The van der Waals surface area contributed by atoms with E-state index in [9.17, 15) is 9.59 Å². The highest BCUT2D eigenvalue weighted by Gasteiger charge is 2.16. The van der Waals surface area contributed by atoms with Crippen molar-refractivity contribution in [1.29, 1.82) is 0 Å². The number of likely N-dealkylation sites (N-methyl/N-ethyl adjacent to an activating group) is 1. The van der Waals surface area contributed by atoms with E-state index in [1.807, 2.05) is 12.1 Å². The lowest BCUT2D eigenvalue weighted by atomic mass is 9.86. The van der Waals surface area contributed by atoms with Gasteiger partial charge < -0.3 is 10.6 Å². The van der Waals surface area contributed by atoms with Gasteiger partial charge >= 0.3 is 0 Å². The zero-order valence-electron chi connectivity index (χ0n) is 11.4. The van der Waals surface area contributed by atoms with Crippen LogP contribution in [0.4, 0.5) is 0 Å². The summed E-state index contributed by atoms with van der Waals surface area (Å²) in [6, 6.07) is 7.43. The van der Waals surface area contributed by atoms with Crippen molar-refractivity contribution in [3.8, 4) is 0 Å². The Kier molecular flexibility index (Phi) is 4.11. The SMILES string of the molecule is CN(CC(N)=O)C(=O)c1ccc(C(C)(C)C)cc1. The molecule has 18 heavy (non-hydrogen) atoms. The molecule has 0 unspecified atom stereocenters. The fourth-order valence-corrected chi connectivity index (χ4v) is 1.64. The summed E-state index contributed by atoms with van der Waals surface area (Å²) in [4.78, 5) is 24.0. The van der Waals surface area contributed by atoms with Crippen LogP contribution in [0, 0.1) is 0 Å². The van der Waals surface area contributed by atoms with Gasteiger partial charge in [-0.3, -0.25) is 9.59 Å². The van der Waals surface area contributed by atoms with Crippen molar-refractivity contribution in [3.63, 3.8) is 0 Å². The average Bonchev–Trinajstić information content (AvgIpc) is 2.26. The first-order chi connectivity index (χ1) is 8.21. The van der Waals surface area contributed by atoms with E-state index in [1.165, 1.54) is 4.90 Å². The molecule has 1 rings (SSSR count). The van der Waals surface area contributed by atoms with Crippen molar-refractivity contribution >= 4 is 11.8 Å². The molecule has 4 heteroatoms. The number of nitrogens with zero attached hydrogens (tertiary/aromatic N) is 1. The van der Waals surface area contributed by atoms with E-state index in [4.69, 9.17) is 5.73 Å². The molecule has 2 N–H and O–H groups in total. The predicted octanol–water partition coefficient (Wildman–Crippen LogP) is 1.54. The van der Waals surface area contributed by atoms with Gasteiger partial charge in [0, 0.05) is 12.6 Å². The van der Waals surface area contributed by atoms with E-state index in [0.29, 0.717) is 5.56 Å². The minimum atomic E-state index is -0.517. The zero-order valence-corrected chi connectivity index (χ0v) is 11.4. The predicted molar refractivity (Wildman–Crippen MR) is 71.3 cm³/mol. The number of benzene rings is 1. The number of hydrogen-bond donors (Lipinski definition) is 1. The van der Waals surface area contributed by atoms with Gasteiger partial charge in [0.25, 0.3) is 5.91 Å². The van der Waals surface area contributed by atoms with Gasteiger partial charge in [-0.15, -0.1) is 0 Å². The van der Waals surface area contributed by atoms with Crippen molar-refractivity contribution < 1.29 is 9.59 Å². The molecule has 2 amide bonds. The smallest absolute Gasteiger partial charge is 0.254 e. The van der Waals surface area contributed by atoms with Crippen molar-refractivity contribution in [2.24, 2.45) is 5.73 Å². The van der Waals surface area contributed by atoms with Crippen molar-refractivity contribution in [3.05, 3.63) is 35.4 Å². The minimum Gasteiger partial charge on any atom is -0.368 e. The summed E-state index contributed by atoms with van der Waals surface area (Å²) in [6.45, 7) is 6.27. The molecule has 0 aromatic heterocycles. The molecule has 0 fully saturated rings. The Hall–Kier alpha value is -1.84. The Bertz CT molecular complexity index is 444. The average molecular weight is 248 g/mol. The first-order valence-corrected chi connectivity index (χ1v) is 5.86. The molecular weight excluding hydrogens is 228 g/mol. The zero-order chi connectivity index (χ0) is 13.9. The van der Waals surface area contributed by atoms with E-state index >= 15 is 0 Å². The van der Waals surface area contributed by atoms with Crippen molar-refractivity contribution in [2.75, 3.05) is 13.6 Å². The van der Waals surface area contributed by atoms with Crippen LogP contribution < -0.4 is 5.73 Å². The molecule has 0 radical (unpaired) electrons. The second-order valence-corrected chi connectivity index (χ2v) is 5.45. The third-order valence-electron chi connectivity index (χ3n) is 2.74. The highest BCUT2D eigenvalue weighted by molar-refractivity contribution is 5.96. The maximum absolute atomic E-state index is 12.0. The van der Waals surface area contributed by atoms with Crippen LogP contribution in [0.15, 0.2) is 24.3 Å². The molecule has 4 nitrogen and oxygen atoms in total. The first-order valence-electron chi connectivity index (χ1n) is 5.86. The maximum atomic E-state index is 12.0. The normalized spacial score (nSPS) is 11.1. The molecule has 0 atom stereocenters. The number of hydrogen-bond acceptors (Lipinski definition) is 2. The van der Waals surface area contributed by atoms with Crippen molar-refractivity contribution in [2.45, 2.75) is 26.2 Å². The standard InChI is InChI=1S/C14H20N2O2/c1-14(2,3)11-7-5-10(6-8-11)13(18)16(4)9-12(15)17/h5-8H,9H2,1-4H3,(H2,15,17). The monoisotopic (exact) mass is 248 g/mol. The molecule has 0 saturated heterocycles. The number of primary amides is 1. The molecule has 1 aromatic carbocycles. The molecular formula is C14H20N2O2. The lowest BCUT2D eigenvalue weighted by Gasteiger charge is -2.20. The number of nitrogens with two attached hydrogens (primary N) is 1. The highest BCUT2D eigenvalue weighted by Crippen LogP contribution is 2.22. The third kappa shape index (κ3) is 3.58. The van der Waals surface area contributed by atoms with Crippen LogP contribution in [0.25, 0.3) is 0 Å². The van der Waals surface area contributed by atoms with Crippen LogP contribution in [0.3, 0.4) is 0 Å². The molecule has 0 aliphatic heterocycles. The topological polar surface area (TPSA) is 63.4 Å². The lowest BCUT2D eigenvalue weighted by molar-refractivity contribution is -0.118. The highest BCUT2D eigenvalue weighted by atomic mass is 16.2. The van der Waals surface area contributed by atoms with Gasteiger partial charge in [-0.2, -0.15) is 0 Å². The fourth-order valence-electron chi connectivity index (χ4n) is 1.64. The van der Waals surface area contributed by atoms with Gasteiger partial charge in [0.15, 0.2) is 0 Å². The summed E-state index contributed by atoms with van der Waals surface area (Å²) in [6.07, 6.45) is 0. The van der Waals surface area contributed by atoms with Gasteiger partial charge in [0.05, 0.1) is 6.54 Å². The van der Waals surface area contributed by atoms with Crippen LogP contribution in [0.5, 0.6) is 0 Å². The third-order valence-corrected chi connectivity index (χ3v) is 2.74. The van der Waals surface area contributed by atoms with Crippen LogP contribution in [-0.2, 0) is 10.2 Å². The molecule has 0 aliphatic rings. The Balaban J connectivity index is 2.85. The summed E-state index contributed by atoms with van der Waals surface area (Å²) in [5, 5.41) is 0. The summed E-state index contributed by atoms with van der Waals surface area (Å²) < 4.78 is 0. The molecule has 1 aromatic rings. The van der Waals surface area contributed by atoms with Crippen LogP contribution in [0.1, 0.15) is 36.7 Å². The summed E-state index contributed by atoms with van der Waals surface area (Å²) in [5.74, 6) is -0.716. The molecule has 0 bridgehead atoms. The van der Waals surface area contributed by atoms with E-state index in [0.717, 1.165) is 5.56 Å². The Morgan fingerprint density at radius 2 is 1.67 bits per heavy atom. The second-order valence-electron chi connectivity index (χ2n) is 5.45. The molecule has 0 saturated carbocycles. The van der Waals surface area contributed by atoms with Gasteiger partial charge in [-0.05, 0) is 23.1 Å². The van der Waals surface area contributed by atoms with Gasteiger partial charge in [-0.25, -0.2) is 0 Å². The molecule has 0 spiro atoms. The second kappa shape index (κ2) is 5.21. The van der Waals surface area contributed by atoms with Gasteiger partial charge in [0.1, 0.15) is 0 Å². The largest absolute Gasteiger partial charge is 0.368 e. The Morgan fingerprint density at radius 1 is 1.17 bits per heavy atom. The number of carbonyl (C=O) groups is 2. The quantitative estimate of drug-likeness (QED) is 0.882. The Labute approximate surface area is 108 Å².